The number of rotatable bonds is 6. The number of likely N-dealkylation sites (N-methyl/N-ethyl adjacent to an activating group) is 1. The Kier molecular flexibility index (Phi) is 5.02. The highest BCUT2D eigenvalue weighted by Crippen LogP contribution is 2.24. The molecule has 0 aliphatic carbocycles. The molecule has 2 amide bonds. The molecule has 6 nitrogen and oxygen atoms in total. The zero-order chi connectivity index (χ0) is 19.5. The summed E-state index contributed by atoms with van der Waals surface area (Å²) in [5.74, 6) is 0.669. The molecule has 1 N–H and O–H groups in total. The van der Waals surface area contributed by atoms with E-state index in [4.69, 9.17) is 4.74 Å². The fourth-order valence-corrected chi connectivity index (χ4v) is 3.46. The number of aromatic nitrogens is 1. The second-order valence-electron chi connectivity index (χ2n) is 7.06. The van der Waals surface area contributed by atoms with E-state index >= 15 is 0 Å². The molecule has 1 saturated heterocycles. The van der Waals surface area contributed by atoms with Gasteiger partial charge in [-0.15, -0.1) is 0 Å². The molecule has 1 aliphatic heterocycles. The van der Waals surface area contributed by atoms with Crippen LogP contribution in [-0.2, 0) is 16.1 Å². The summed E-state index contributed by atoms with van der Waals surface area (Å²) in [7, 11) is 1.76. The number of fused-ring (bicyclic) bond motifs is 1. The highest BCUT2D eigenvalue weighted by Gasteiger charge is 2.21. The molecule has 144 valence electrons. The zero-order valence-electron chi connectivity index (χ0n) is 15.9. The number of nitrogens with zero attached hydrogens (tertiary/aromatic N) is 2. The normalized spacial score (nSPS) is 13.9. The van der Waals surface area contributed by atoms with Gasteiger partial charge < -0.3 is 19.5 Å². The quantitative estimate of drug-likeness (QED) is 0.717. The molecule has 0 bridgehead atoms. The first-order valence-electron chi connectivity index (χ1n) is 9.44. The minimum atomic E-state index is -0.0996. The van der Waals surface area contributed by atoms with Crippen molar-refractivity contribution in [1.82, 2.24) is 9.88 Å². The van der Waals surface area contributed by atoms with Crippen LogP contribution in [0.25, 0.3) is 10.9 Å². The Balaban J connectivity index is 1.31. The maximum Gasteiger partial charge on any atom is 0.260 e. The molecule has 1 fully saturated rings. The maximum atomic E-state index is 12.4. The number of anilines is 1. The molecule has 0 unspecified atom stereocenters. The van der Waals surface area contributed by atoms with Gasteiger partial charge >= 0.3 is 0 Å². The predicted molar refractivity (Wildman–Crippen MR) is 108 cm³/mol. The van der Waals surface area contributed by atoms with E-state index in [-0.39, 0.29) is 18.4 Å². The molecule has 0 atom stereocenters. The SMILES string of the molecule is CN(Cc1cc2ccccc2[nH]1)C(=O)COc1ccc(N2CCCC2=O)cc1. The van der Waals surface area contributed by atoms with E-state index in [1.165, 1.54) is 0 Å². The first kappa shape index (κ1) is 18.1. The van der Waals surface area contributed by atoms with E-state index in [1.54, 1.807) is 29.0 Å². The number of H-pyrrole nitrogens is 1. The highest BCUT2D eigenvalue weighted by atomic mass is 16.5. The van der Waals surface area contributed by atoms with E-state index in [0.29, 0.717) is 18.7 Å². The van der Waals surface area contributed by atoms with E-state index in [9.17, 15) is 9.59 Å². The van der Waals surface area contributed by atoms with Crippen molar-refractivity contribution in [2.75, 3.05) is 25.1 Å². The van der Waals surface area contributed by atoms with E-state index in [1.807, 2.05) is 36.4 Å². The van der Waals surface area contributed by atoms with Crippen LogP contribution in [0.4, 0.5) is 5.69 Å². The molecule has 2 aromatic carbocycles. The number of benzene rings is 2. The van der Waals surface area contributed by atoms with Crippen LogP contribution in [0.5, 0.6) is 5.75 Å². The van der Waals surface area contributed by atoms with Crippen molar-refractivity contribution in [3.05, 3.63) is 60.3 Å². The van der Waals surface area contributed by atoms with Crippen molar-refractivity contribution < 1.29 is 14.3 Å². The van der Waals surface area contributed by atoms with Crippen LogP contribution in [0.3, 0.4) is 0 Å². The summed E-state index contributed by atoms with van der Waals surface area (Å²) in [4.78, 5) is 30.9. The van der Waals surface area contributed by atoms with Crippen molar-refractivity contribution in [2.24, 2.45) is 0 Å². The second-order valence-corrected chi connectivity index (χ2v) is 7.06. The molecule has 0 spiro atoms. The van der Waals surface area contributed by atoms with E-state index in [0.717, 1.165) is 35.2 Å². The average Bonchev–Trinajstić information content (AvgIpc) is 3.31. The number of carbonyl (C=O) groups is 2. The molecule has 1 aliphatic rings. The van der Waals surface area contributed by atoms with Crippen LogP contribution < -0.4 is 9.64 Å². The molecular weight excluding hydrogens is 354 g/mol. The van der Waals surface area contributed by atoms with Gasteiger partial charge in [-0.3, -0.25) is 9.59 Å². The van der Waals surface area contributed by atoms with Gasteiger partial charge in [-0.2, -0.15) is 0 Å². The van der Waals surface area contributed by atoms with E-state index in [2.05, 4.69) is 11.1 Å². The predicted octanol–water partition coefficient (Wildman–Crippen LogP) is 3.33. The van der Waals surface area contributed by atoms with E-state index < -0.39 is 0 Å². The van der Waals surface area contributed by atoms with Crippen LogP contribution in [0.2, 0.25) is 0 Å². The molecule has 2 heterocycles. The van der Waals surface area contributed by atoms with Crippen molar-refractivity contribution in [2.45, 2.75) is 19.4 Å². The Bertz CT molecular complexity index is 961. The number of para-hydroxylation sites is 1. The Morgan fingerprint density at radius 2 is 1.96 bits per heavy atom. The summed E-state index contributed by atoms with van der Waals surface area (Å²) in [5, 5.41) is 1.13. The molecule has 0 radical (unpaired) electrons. The molecule has 4 rings (SSSR count). The van der Waals surface area contributed by atoms with Crippen molar-refractivity contribution >= 4 is 28.4 Å². The van der Waals surface area contributed by atoms with Crippen molar-refractivity contribution in [1.29, 1.82) is 0 Å². The standard InChI is InChI=1S/C22H23N3O3/c1-24(14-17-13-16-5-2-3-6-20(16)23-17)22(27)15-28-19-10-8-18(9-11-19)25-12-4-7-21(25)26/h2-3,5-6,8-11,13,23H,4,7,12,14-15H2,1H3. The molecule has 6 heteroatoms. The number of aromatic amines is 1. The Morgan fingerprint density at radius 3 is 2.68 bits per heavy atom. The topological polar surface area (TPSA) is 65.6 Å². The first-order valence-corrected chi connectivity index (χ1v) is 9.44. The minimum Gasteiger partial charge on any atom is -0.484 e. The monoisotopic (exact) mass is 377 g/mol. The number of nitrogens with one attached hydrogen (secondary N) is 1. The summed E-state index contributed by atoms with van der Waals surface area (Å²) in [5.41, 5.74) is 2.92. The number of ether oxygens (including phenoxy) is 1. The third kappa shape index (κ3) is 3.86. The smallest absolute Gasteiger partial charge is 0.260 e. The maximum absolute atomic E-state index is 12.4. The molecule has 28 heavy (non-hydrogen) atoms. The Labute approximate surface area is 163 Å². The van der Waals surface area contributed by atoms with Crippen LogP contribution in [0, 0.1) is 0 Å². The van der Waals surface area contributed by atoms with Crippen LogP contribution in [-0.4, -0.2) is 41.9 Å². The summed E-state index contributed by atoms with van der Waals surface area (Å²) in [6.07, 6.45) is 1.50. The van der Waals surface area contributed by atoms with Crippen LogP contribution >= 0.6 is 0 Å². The van der Waals surface area contributed by atoms with Gasteiger partial charge in [0, 0.05) is 36.9 Å². The third-order valence-electron chi connectivity index (χ3n) is 5.00. The molecule has 0 saturated carbocycles. The lowest BCUT2D eigenvalue weighted by atomic mass is 10.2. The van der Waals surface area contributed by atoms with Crippen LogP contribution in [0.1, 0.15) is 18.5 Å². The lowest BCUT2D eigenvalue weighted by Gasteiger charge is -2.18. The Morgan fingerprint density at radius 1 is 1.18 bits per heavy atom. The van der Waals surface area contributed by atoms with Gasteiger partial charge in [0.2, 0.25) is 5.91 Å². The molecular formula is C22H23N3O3. The van der Waals surface area contributed by atoms with Gasteiger partial charge in [0.25, 0.3) is 5.91 Å². The van der Waals surface area contributed by atoms with Gasteiger partial charge in [-0.25, -0.2) is 0 Å². The van der Waals surface area contributed by atoms with Gasteiger partial charge in [0.15, 0.2) is 6.61 Å². The Hall–Kier alpha value is -3.28. The van der Waals surface area contributed by atoms with Gasteiger partial charge in [-0.05, 0) is 48.2 Å². The fourth-order valence-electron chi connectivity index (χ4n) is 3.46. The number of hydrogen-bond donors (Lipinski definition) is 1. The lowest BCUT2D eigenvalue weighted by molar-refractivity contribution is -0.132. The largest absolute Gasteiger partial charge is 0.484 e. The number of carbonyl (C=O) groups excluding carboxylic acids is 2. The van der Waals surface area contributed by atoms with Crippen molar-refractivity contribution in [3.63, 3.8) is 0 Å². The number of hydrogen-bond acceptors (Lipinski definition) is 3. The fraction of sp³-hybridized carbons (Fsp3) is 0.273. The molecule has 3 aromatic rings. The first-order chi connectivity index (χ1) is 13.6. The minimum absolute atomic E-state index is 0.0290. The van der Waals surface area contributed by atoms with Gasteiger partial charge in [-0.1, -0.05) is 18.2 Å². The van der Waals surface area contributed by atoms with Crippen molar-refractivity contribution in [3.8, 4) is 5.75 Å². The molecule has 1 aromatic heterocycles. The lowest BCUT2D eigenvalue weighted by Crippen LogP contribution is -2.31. The summed E-state index contributed by atoms with van der Waals surface area (Å²) < 4.78 is 5.63. The third-order valence-corrected chi connectivity index (χ3v) is 5.00. The van der Waals surface area contributed by atoms with Crippen LogP contribution in [0.15, 0.2) is 54.6 Å². The zero-order valence-corrected chi connectivity index (χ0v) is 15.9. The summed E-state index contributed by atoms with van der Waals surface area (Å²) in [6.45, 7) is 1.22. The summed E-state index contributed by atoms with van der Waals surface area (Å²) >= 11 is 0. The van der Waals surface area contributed by atoms with Gasteiger partial charge in [0.05, 0.1) is 6.54 Å². The second kappa shape index (κ2) is 7.76. The average molecular weight is 377 g/mol. The number of amides is 2. The van der Waals surface area contributed by atoms with Gasteiger partial charge in [0.1, 0.15) is 5.75 Å². The highest BCUT2D eigenvalue weighted by molar-refractivity contribution is 5.95. The summed E-state index contributed by atoms with van der Waals surface area (Å²) in [6, 6.07) is 17.4.